The van der Waals surface area contributed by atoms with E-state index in [0.29, 0.717) is 6.42 Å². The van der Waals surface area contributed by atoms with Crippen molar-refractivity contribution >= 4 is 10.0 Å². The van der Waals surface area contributed by atoms with Gasteiger partial charge in [0.05, 0.1) is 11.3 Å². The summed E-state index contributed by atoms with van der Waals surface area (Å²) in [6.07, 6.45) is -0.698. The lowest BCUT2D eigenvalue weighted by atomic mass is 10.1. The monoisotopic (exact) mass is 335 g/mol. The maximum Gasteiger partial charge on any atom is 0.416 e. The van der Waals surface area contributed by atoms with Crippen molar-refractivity contribution in [3.05, 3.63) is 47.5 Å². The number of nitrogens with one attached hydrogen (secondary N) is 1. The molecule has 2 atom stereocenters. The van der Waals surface area contributed by atoms with E-state index in [2.05, 4.69) is 4.72 Å². The second kappa shape index (κ2) is 6.39. The maximum atomic E-state index is 12.6. The van der Waals surface area contributed by atoms with Gasteiger partial charge in [0, 0.05) is 18.6 Å². The number of alkyl halides is 3. The summed E-state index contributed by atoms with van der Waals surface area (Å²) in [6, 6.07) is 3.82. The molecule has 0 aromatic heterocycles. The Balaban J connectivity index is 2.05. The Morgan fingerprint density at radius 2 is 2.00 bits per heavy atom. The zero-order valence-electron chi connectivity index (χ0n) is 11.5. The van der Waals surface area contributed by atoms with Crippen LogP contribution in [0.2, 0.25) is 0 Å². The van der Waals surface area contributed by atoms with E-state index in [1.807, 2.05) is 0 Å². The third kappa shape index (κ3) is 4.56. The fourth-order valence-corrected chi connectivity index (χ4v) is 3.66. The Bertz CT molecular complexity index is 656. The summed E-state index contributed by atoms with van der Waals surface area (Å²) in [4.78, 5) is 0. The molecular weight excluding hydrogens is 319 g/mol. The highest BCUT2D eigenvalue weighted by Gasteiger charge is 2.31. The van der Waals surface area contributed by atoms with Crippen LogP contribution in [-0.4, -0.2) is 26.2 Å². The van der Waals surface area contributed by atoms with Gasteiger partial charge < -0.3 is 5.11 Å². The first-order chi connectivity index (χ1) is 10.2. The van der Waals surface area contributed by atoms with Gasteiger partial charge in [0.1, 0.15) is 0 Å². The first kappa shape index (κ1) is 17.0. The zero-order valence-corrected chi connectivity index (χ0v) is 12.4. The van der Waals surface area contributed by atoms with Crippen molar-refractivity contribution in [2.75, 3.05) is 6.61 Å². The Hall–Kier alpha value is -1.38. The van der Waals surface area contributed by atoms with Crippen LogP contribution in [0.25, 0.3) is 0 Å². The molecule has 4 nitrogen and oxygen atoms in total. The molecule has 0 heterocycles. The number of benzene rings is 1. The highest BCUT2D eigenvalue weighted by atomic mass is 32.2. The van der Waals surface area contributed by atoms with Crippen molar-refractivity contribution < 1.29 is 26.7 Å². The number of aliphatic hydroxyl groups is 1. The molecule has 0 radical (unpaired) electrons. The van der Waals surface area contributed by atoms with Gasteiger partial charge in [-0.05, 0) is 18.1 Å². The molecule has 2 rings (SSSR count). The Labute approximate surface area is 126 Å². The topological polar surface area (TPSA) is 66.4 Å². The minimum absolute atomic E-state index is 0.0671. The minimum Gasteiger partial charge on any atom is -0.396 e. The first-order valence-electron chi connectivity index (χ1n) is 6.65. The number of aliphatic hydroxyl groups excluding tert-OH is 1. The van der Waals surface area contributed by atoms with Crippen LogP contribution in [0.4, 0.5) is 13.2 Å². The lowest BCUT2D eigenvalue weighted by Gasteiger charge is -2.14. The average Bonchev–Trinajstić information content (AvgIpc) is 2.84. The largest absolute Gasteiger partial charge is 0.416 e. The van der Waals surface area contributed by atoms with Crippen LogP contribution in [0, 0.1) is 5.92 Å². The van der Waals surface area contributed by atoms with E-state index in [1.165, 1.54) is 12.1 Å². The van der Waals surface area contributed by atoms with Crippen molar-refractivity contribution in [1.29, 1.82) is 0 Å². The molecule has 0 saturated heterocycles. The summed E-state index contributed by atoms with van der Waals surface area (Å²) in [7, 11) is -3.76. The van der Waals surface area contributed by atoms with Gasteiger partial charge in [0.2, 0.25) is 10.0 Å². The summed E-state index contributed by atoms with van der Waals surface area (Å²) in [5, 5.41) is 8.99. The molecule has 0 amide bonds. The third-order valence-corrected chi connectivity index (χ3v) is 4.72. The van der Waals surface area contributed by atoms with E-state index in [1.54, 1.807) is 12.2 Å². The minimum atomic E-state index is -4.50. The molecular formula is C14H16F3NO3S. The van der Waals surface area contributed by atoms with Crippen molar-refractivity contribution in [2.24, 2.45) is 5.92 Å². The van der Waals surface area contributed by atoms with E-state index in [-0.39, 0.29) is 18.1 Å². The van der Waals surface area contributed by atoms with Crippen molar-refractivity contribution in [3.63, 3.8) is 0 Å². The predicted octanol–water partition coefficient (Wildman–Crippen LogP) is 2.06. The van der Waals surface area contributed by atoms with Crippen LogP contribution in [0.1, 0.15) is 17.5 Å². The quantitative estimate of drug-likeness (QED) is 0.810. The van der Waals surface area contributed by atoms with E-state index in [0.717, 1.165) is 12.1 Å². The van der Waals surface area contributed by atoms with Gasteiger partial charge >= 0.3 is 6.18 Å². The Morgan fingerprint density at radius 3 is 2.59 bits per heavy atom. The lowest BCUT2D eigenvalue weighted by Crippen LogP contribution is -2.33. The molecule has 122 valence electrons. The molecule has 0 aliphatic heterocycles. The molecule has 1 aromatic rings. The summed E-state index contributed by atoms with van der Waals surface area (Å²) in [5.41, 5.74) is -0.802. The van der Waals surface area contributed by atoms with Crippen LogP contribution in [0.5, 0.6) is 0 Å². The van der Waals surface area contributed by atoms with E-state index in [9.17, 15) is 21.6 Å². The smallest absolute Gasteiger partial charge is 0.396 e. The standard InChI is InChI=1S/C14H16F3NO3S/c15-14(16,17)12-3-1-2-11(6-12)9-22(20,21)18-13-5-4-10(7-13)8-19/h1-6,10,13,18-19H,7-9H2/t10-,13+/m0/s1. The van der Waals surface area contributed by atoms with Gasteiger partial charge in [0.15, 0.2) is 0 Å². The Kier molecular flexibility index (Phi) is 4.93. The van der Waals surface area contributed by atoms with Crippen molar-refractivity contribution in [3.8, 4) is 0 Å². The molecule has 0 unspecified atom stereocenters. The molecule has 2 N–H and O–H groups in total. The molecule has 22 heavy (non-hydrogen) atoms. The molecule has 0 saturated carbocycles. The SMILES string of the molecule is O=S(=O)(Cc1cccc(C(F)(F)F)c1)N[C@@H]1C=C[C@H](CO)C1. The van der Waals surface area contributed by atoms with Gasteiger partial charge in [-0.3, -0.25) is 0 Å². The molecule has 0 spiro atoms. The van der Waals surface area contributed by atoms with Crippen LogP contribution in [-0.2, 0) is 22.0 Å². The molecule has 1 aliphatic carbocycles. The molecule has 1 aromatic carbocycles. The number of rotatable bonds is 5. The zero-order chi connectivity index (χ0) is 16.4. The van der Waals surface area contributed by atoms with Gasteiger partial charge in [-0.1, -0.05) is 30.4 Å². The molecule has 0 fully saturated rings. The first-order valence-corrected chi connectivity index (χ1v) is 8.30. The van der Waals surface area contributed by atoms with Gasteiger partial charge in [-0.15, -0.1) is 0 Å². The summed E-state index contributed by atoms with van der Waals surface area (Å²) in [6.45, 7) is -0.0671. The predicted molar refractivity (Wildman–Crippen MR) is 75.3 cm³/mol. The summed E-state index contributed by atoms with van der Waals surface area (Å²) in [5.74, 6) is -0.619. The molecule has 1 aliphatic rings. The van der Waals surface area contributed by atoms with E-state index < -0.39 is 33.6 Å². The second-order valence-corrected chi connectivity index (χ2v) is 7.00. The van der Waals surface area contributed by atoms with Crippen LogP contribution in [0.15, 0.2) is 36.4 Å². The van der Waals surface area contributed by atoms with Gasteiger partial charge in [-0.2, -0.15) is 13.2 Å². The fraction of sp³-hybridized carbons (Fsp3) is 0.429. The summed E-state index contributed by atoms with van der Waals surface area (Å²) < 4.78 is 64.3. The van der Waals surface area contributed by atoms with E-state index >= 15 is 0 Å². The number of hydrogen-bond acceptors (Lipinski definition) is 3. The highest BCUT2D eigenvalue weighted by molar-refractivity contribution is 7.88. The normalized spacial score (nSPS) is 22.2. The fourth-order valence-electron chi connectivity index (χ4n) is 2.33. The number of sulfonamides is 1. The second-order valence-electron chi connectivity index (χ2n) is 5.24. The van der Waals surface area contributed by atoms with Crippen LogP contribution < -0.4 is 4.72 Å². The van der Waals surface area contributed by atoms with Crippen LogP contribution >= 0.6 is 0 Å². The molecule has 0 bridgehead atoms. The third-order valence-electron chi connectivity index (χ3n) is 3.35. The lowest BCUT2D eigenvalue weighted by molar-refractivity contribution is -0.137. The number of halogens is 3. The molecule has 8 heteroatoms. The van der Waals surface area contributed by atoms with E-state index in [4.69, 9.17) is 5.11 Å². The van der Waals surface area contributed by atoms with Crippen molar-refractivity contribution in [2.45, 2.75) is 24.4 Å². The van der Waals surface area contributed by atoms with Gasteiger partial charge in [-0.25, -0.2) is 13.1 Å². The van der Waals surface area contributed by atoms with Gasteiger partial charge in [0.25, 0.3) is 0 Å². The highest BCUT2D eigenvalue weighted by Crippen LogP contribution is 2.29. The number of hydrogen-bond donors (Lipinski definition) is 2. The Morgan fingerprint density at radius 1 is 1.27 bits per heavy atom. The van der Waals surface area contributed by atoms with Crippen molar-refractivity contribution in [1.82, 2.24) is 4.72 Å². The van der Waals surface area contributed by atoms with Crippen LogP contribution in [0.3, 0.4) is 0 Å². The maximum absolute atomic E-state index is 12.6. The average molecular weight is 335 g/mol. The summed E-state index contributed by atoms with van der Waals surface area (Å²) >= 11 is 0.